The molecule has 16 heavy (non-hydrogen) atoms. The summed E-state index contributed by atoms with van der Waals surface area (Å²) in [6.07, 6.45) is 1.49. The van der Waals surface area contributed by atoms with Crippen molar-refractivity contribution >= 4 is 40.8 Å². The minimum Gasteiger partial charge on any atom is -0.294 e. The second-order valence-corrected chi connectivity index (χ2v) is 4.25. The molecular formula is C12H10Cl2O2. The van der Waals surface area contributed by atoms with Gasteiger partial charge in [0.2, 0.25) is 0 Å². The van der Waals surface area contributed by atoms with Crippen LogP contribution in [0.3, 0.4) is 0 Å². The Morgan fingerprint density at radius 1 is 1.00 bits per heavy atom. The molecule has 84 valence electrons. The summed E-state index contributed by atoms with van der Waals surface area (Å²) in [5.74, 6) is -0.549. The number of allylic oxidation sites excluding steroid dienone is 1. The predicted molar refractivity (Wildman–Crippen MR) is 65.8 cm³/mol. The van der Waals surface area contributed by atoms with E-state index < -0.39 is 0 Å². The van der Waals surface area contributed by atoms with Gasteiger partial charge in [-0.2, -0.15) is 0 Å². The summed E-state index contributed by atoms with van der Waals surface area (Å²) in [7, 11) is 0. The Balaban J connectivity index is 3.23. The lowest BCUT2D eigenvalue weighted by Crippen LogP contribution is -2.05. The number of benzene rings is 1. The van der Waals surface area contributed by atoms with Crippen LogP contribution in [0.5, 0.6) is 0 Å². The molecule has 0 aromatic heterocycles. The van der Waals surface area contributed by atoms with E-state index in [-0.39, 0.29) is 17.1 Å². The zero-order valence-electron chi connectivity index (χ0n) is 8.88. The maximum Gasteiger partial charge on any atom is 0.163 e. The van der Waals surface area contributed by atoms with Crippen LogP contribution >= 0.6 is 23.2 Å². The van der Waals surface area contributed by atoms with Crippen molar-refractivity contribution in [2.45, 2.75) is 13.8 Å². The standard InChI is InChI=1S/C12H10Cl2O2/c1-7(15)12(8(2)16)5-9-3-10(13)6-11(14)4-9/h3-6H,1-2H3. The molecule has 0 fully saturated rings. The van der Waals surface area contributed by atoms with Gasteiger partial charge in [-0.05, 0) is 43.7 Å². The van der Waals surface area contributed by atoms with E-state index in [0.29, 0.717) is 15.6 Å². The average molecular weight is 257 g/mol. The number of hydrogen-bond acceptors (Lipinski definition) is 2. The number of rotatable bonds is 3. The number of ketones is 2. The van der Waals surface area contributed by atoms with Gasteiger partial charge < -0.3 is 0 Å². The van der Waals surface area contributed by atoms with E-state index in [2.05, 4.69) is 0 Å². The van der Waals surface area contributed by atoms with Crippen LogP contribution in [0.4, 0.5) is 0 Å². The summed E-state index contributed by atoms with van der Waals surface area (Å²) >= 11 is 11.6. The minimum absolute atomic E-state index is 0.137. The van der Waals surface area contributed by atoms with Crippen molar-refractivity contribution in [2.24, 2.45) is 0 Å². The molecule has 0 saturated carbocycles. The Labute approximate surface area is 104 Å². The summed E-state index contributed by atoms with van der Waals surface area (Å²) in [5, 5.41) is 0.926. The fourth-order valence-electron chi connectivity index (χ4n) is 1.28. The molecule has 0 aliphatic rings. The zero-order chi connectivity index (χ0) is 12.3. The van der Waals surface area contributed by atoms with Crippen molar-refractivity contribution in [3.05, 3.63) is 39.4 Å². The third-order valence-electron chi connectivity index (χ3n) is 1.95. The van der Waals surface area contributed by atoms with E-state index in [1.165, 1.54) is 19.9 Å². The number of carbonyl (C=O) groups is 2. The maximum absolute atomic E-state index is 11.2. The lowest BCUT2D eigenvalue weighted by molar-refractivity contribution is -0.119. The van der Waals surface area contributed by atoms with Crippen LogP contribution in [0.1, 0.15) is 19.4 Å². The average Bonchev–Trinajstić information content (AvgIpc) is 2.11. The highest BCUT2D eigenvalue weighted by atomic mass is 35.5. The smallest absolute Gasteiger partial charge is 0.163 e. The second-order valence-electron chi connectivity index (χ2n) is 3.37. The summed E-state index contributed by atoms with van der Waals surface area (Å²) in [5.41, 5.74) is 0.774. The first-order valence-corrected chi connectivity index (χ1v) is 5.35. The predicted octanol–water partition coefficient (Wildman–Crippen LogP) is 3.55. The molecule has 0 heterocycles. The normalized spacial score (nSPS) is 9.75. The first kappa shape index (κ1) is 12.9. The second kappa shape index (κ2) is 5.28. The molecule has 0 bridgehead atoms. The molecule has 0 atom stereocenters. The topological polar surface area (TPSA) is 34.1 Å². The van der Waals surface area contributed by atoms with Gasteiger partial charge in [0.1, 0.15) is 0 Å². The molecule has 0 spiro atoms. The number of Topliss-reactive ketones (excluding diaryl/α,β-unsaturated/α-hetero) is 2. The lowest BCUT2D eigenvalue weighted by atomic mass is 10.0. The summed E-state index contributed by atoms with van der Waals surface area (Å²) in [4.78, 5) is 22.4. The lowest BCUT2D eigenvalue weighted by Gasteiger charge is -2.01. The molecule has 0 aliphatic heterocycles. The van der Waals surface area contributed by atoms with E-state index in [0.717, 1.165) is 0 Å². The summed E-state index contributed by atoms with van der Waals surface area (Å²) in [6.45, 7) is 2.69. The van der Waals surface area contributed by atoms with Crippen molar-refractivity contribution < 1.29 is 9.59 Å². The van der Waals surface area contributed by atoms with Gasteiger partial charge in [-0.25, -0.2) is 0 Å². The van der Waals surface area contributed by atoms with Crippen molar-refractivity contribution in [1.82, 2.24) is 0 Å². The fraction of sp³-hybridized carbons (Fsp3) is 0.167. The van der Waals surface area contributed by atoms with Crippen LogP contribution in [0.15, 0.2) is 23.8 Å². The molecule has 0 N–H and O–H groups in total. The SMILES string of the molecule is CC(=O)C(=Cc1cc(Cl)cc(Cl)c1)C(C)=O. The number of carbonyl (C=O) groups excluding carboxylic acids is 2. The Morgan fingerprint density at radius 3 is 1.81 bits per heavy atom. The van der Waals surface area contributed by atoms with Gasteiger partial charge in [-0.1, -0.05) is 23.2 Å². The molecule has 0 amide bonds. The summed E-state index contributed by atoms with van der Waals surface area (Å²) < 4.78 is 0. The van der Waals surface area contributed by atoms with E-state index in [1.807, 2.05) is 0 Å². The molecular weight excluding hydrogens is 247 g/mol. The third kappa shape index (κ3) is 3.47. The first-order valence-electron chi connectivity index (χ1n) is 4.60. The van der Waals surface area contributed by atoms with E-state index in [1.54, 1.807) is 18.2 Å². The largest absolute Gasteiger partial charge is 0.294 e. The molecule has 2 nitrogen and oxygen atoms in total. The molecule has 1 aromatic carbocycles. The maximum atomic E-state index is 11.2. The monoisotopic (exact) mass is 256 g/mol. The molecule has 4 heteroatoms. The molecule has 0 unspecified atom stereocenters. The summed E-state index contributed by atoms with van der Waals surface area (Å²) in [6, 6.07) is 4.86. The van der Waals surface area contributed by atoms with Crippen molar-refractivity contribution in [2.75, 3.05) is 0 Å². The first-order chi connectivity index (χ1) is 7.40. The molecule has 1 aromatic rings. The highest BCUT2D eigenvalue weighted by molar-refractivity contribution is 6.35. The van der Waals surface area contributed by atoms with Gasteiger partial charge in [-0.15, -0.1) is 0 Å². The fourth-order valence-corrected chi connectivity index (χ4v) is 1.82. The van der Waals surface area contributed by atoms with Crippen molar-refractivity contribution in [1.29, 1.82) is 0 Å². The Morgan fingerprint density at radius 2 is 1.44 bits per heavy atom. The third-order valence-corrected chi connectivity index (χ3v) is 2.39. The van der Waals surface area contributed by atoms with Crippen LogP contribution in [-0.4, -0.2) is 11.6 Å². The van der Waals surface area contributed by atoms with Crippen LogP contribution in [0.25, 0.3) is 6.08 Å². The highest BCUT2D eigenvalue weighted by Crippen LogP contribution is 2.21. The van der Waals surface area contributed by atoms with Crippen LogP contribution in [0, 0.1) is 0 Å². The Bertz CT molecular complexity index is 440. The Kier molecular flexibility index (Phi) is 4.27. The van der Waals surface area contributed by atoms with E-state index in [9.17, 15) is 9.59 Å². The quantitative estimate of drug-likeness (QED) is 0.471. The van der Waals surface area contributed by atoms with Gasteiger partial charge in [0.25, 0.3) is 0 Å². The van der Waals surface area contributed by atoms with E-state index in [4.69, 9.17) is 23.2 Å². The van der Waals surface area contributed by atoms with E-state index >= 15 is 0 Å². The molecule has 0 saturated heterocycles. The van der Waals surface area contributed by atoms with Gasteiger partial charge in [0.05, 0.1) is 5.57 Å². The van der Waals surface area contributed by atoms with Crippen molar-refractivity contribution in [3.63, 3.8) is 0 Å². The van der Waals surface area contributed by atoms with Gasteiger partial charge >= 0.3 is 0 Å². The molecule has 0 aliphatic carbocycles. The number of hydrogen-bond donors (Lipinski definition) is 0. The molecule has 0 radical (unpaired) electrons. The molecule has 1 rings (SSSR count). The Hall–Kier alpha value is -1.12. The van der Waals surface area contributed by atoms with Gasteiger partial charge in [0.15, 0.2) is 11.6 Å². The minimum atomic E-state index is -0.274. The van der Waals surface area contributed by atoms with Crippen LogP contribution in [0.2, 0.25) is 10.0 Å². The zero-order valence-corrected chi connectivity index (χ0v) is 10.4. The van der Waals surface area contributed by atoms with Crippen molar-refractivity contribution in [3.8, 4) is 0 Å². The van der Waals surface area contributed by atoms with Crippen LogP contribution < -0.4 is 0 Å². The van der Waals surface area contributed by atoms with Gasteiger partial charge in [0, 0.05) is 10.0 Å². The highest BCUT2D eigenvalue weighted by Gasteiger charge is 2.09. The number of halogens is 2. The van der Waals surface area contributed by atoms with Gasteiger partial charge in [-0.3, -0.25) is 9.59 Å². The van der Waals surface area contributed by atoms with Crippen LogP contribution in [-0.2, 0) is 9.59 Å².